The van der Waals surface area contributed by atoms with Gasteiger partial charge in [0.1, 0.15) is 12.2 Å². The third-order valence-electron chi connectivity index (χ3n) is 4.50. The Morgan fingerprint density at radius 2 is 2.04 bits per heavy atom. The minimum Gasteiger partial charge on any atom is -0.449 e. The van der Waals surface area contributed by atoms with Gasteiger partial charge in [0.25, 0.3) is 0 Å². The average molecular weight is 385 g/mol. The van der Waals surface area contributed by atoms with E-state index in [1.165, 1.54) is 0 Å². The lowest BCUT2D eigenvalue weighted by molar-refractivity contribution is -0.135. The predicted molar refractivity (Wildman–Crippen MR) is 91.7 cm³/mol. The van der Waals surface area contributed by atoms with Gasteiger partial charge in [-0.15, -0.1) is 0 Å². The van der Waals surface area contributed by atoms with Crippen LogP contribution in [0.15, 0.2) is 11.0 Å². The monoisotopic (exact) mass is 385 g/mol. The summed E-state index contributed by atoms with van der Waals surface area (Å²) in [4.78, 5) is 27.7. The van der Waals surface area contributed by atoms with Gasteiger partial charge in [-0.05, 0) is 20.3 Å². The second-order valence-electron chi connectivity index (χ2n) is 6.60. The molecule has 10 heteroatoms. The highest BCUT2D eigenvalue weighted by Crippen LogP contribution is 2.38. The number of aromatic nitrogens is 2. The van der Waals surface area contributed by atoms with Crippen molar-refractivity contribution >= 4 is 11.9 Å². The van der Waals surface area contributed by atoms with Crippen LogP contribution >= 0.6 is 0 Å². The minimum absolute atomic E-state index is 0.213. The van der Waals surface area contributed by atoms with E-state index in [4.69, 9.17) is 18.9 Å². The summed E-state index contributed by atoms with van der Waals surface area (Å²) in [6, 6.07) is 0. The molecule has 0 radical (unpaired) electrons. The summed E-state index contributed by atoms with van der Waals surface area (Å²) in [7, 11) is 0. The fourth-order valence-electron chi connectivity index (χ4n) is 3.20. The van der Waals surface area contributed by atoms with Crippen LogP contribution in [0, 0.1) is 5.82 Å². The molecule has 0 aliphatic carbocycles. The van der Waals surface area contributed by atoms with Crippen LogP contribution in [0.5, 0.6) is 0 Å². The number of carbonyl (C=O) groups is 1. The summed E-state index contributed by atoms with van der Waals surface area (Å²) in [6.07, 6.45) is 0.171. The lowest BCUT2D eigenvalue weighted by Gasteiger charge is -2.19. The molecule has 1 aromatic heterocycles. The SMILES string of the molecule is CCCCCOC(=O)Nc1nc(=O)n([C@@H]2O[C@H](C)[C@H]3OC(C)O[C@H]32)cc1F. The fourth-order valence-corrected chi connectivity index (χ4v) is 3.20. The molecule has 9 nitrogen and oxygen atoms in total. The molecular formula is C17H24FN3O6. The number of carbonyl (C=O) groups excluding carboxylic acids is 1. The number of halogens is 1. The van der Waals surface area contributed by atoms with Crippen LogP contribution in [0.25, 0.3) is 0 Å². The Balaban J connectivity index is 1.70. The van der Waals surface area contributed by atoms with Crippen molar-refractivity contribution in [3.8, 4) is 0 Å². The molecule has 5 atom stereocenters. The molecule has 2 aliphatic rings. The van der Waals surface area contributed by atoms with E-state index in [2.05, 4.69) is 10.3 Å². The molecule has 0 saturated carbocycles. The average Bonchev–Trinajstić information content (AvgIpc) is 3.13. The predicted octanol–water partition coefficient (Wildman–Crippen LogP) is 2.17. The van der Waals surface area contributed by atoms with Gasteiger partial charge >= 0.3 is 11.8 Å². The number of rotatable bonds is 6. The van der Waals surface area contributed by atoms with Crippen molar-refractivity contribution in [2.45, 2.75) is 70.9 Å². The molecule has 1 aromatic rings. The normalized spacial score (nSPS) is 29.6. The molecular weight excluding hydrogens is 361 g/mol. The van der Waals surface area contributed by atoms with Gasteiger partial charge < -0.3 is 18.9 Å². The van der Waals surface area contributed by atoms with Gasteiger partial charge in [-0.1, -0.05) is 19.8 Å². The molecule has 27 heavy (non-hydrogen) atoms. The molecule has 2 fully saturated rings. The van der Waals surface area contributed by atoms with E-state index in [1.54, 1.807) is 13.8 Å². The van der Waals surface area contributed by atoms with Crippen molar-refractivity contribution < 1.29 is 28.1 Å². The first-order valence-electron chi connectivity index (χ1n) is 9.09. The summed E-state index contributed by atoms with van der Waals surface area (Å²) < 4.78 is 37.2. The smallest absolute Gasteiger partial charge is 0.412 e. The maximum Gasteiger partial charge on any atom is 0.412 e. The van der Waals surface area contributed by atoms with E-state index in [1.807, 2.05) is 6.92 Å². The van der Waals surface area contributed by atoms with Crippen molar-refractivity contribution in [2.24, 2.45) is 0 Å². The highest BCUT2D eigenvalue weighted by Gasteiger charge is 2.51. The van der Waals surface area contributed by atoms with Gasteiger partial charge in [-0.3, -0.25) is 9.88 Å². The van der Waals surface area contributed by atoms with Crippen LogP contribution < -0.4 is 11.0 Å². The third-order valence-corrected chi connectivity index (χ3v) is 4.50. The topological polar surface area (TPSA) is 101 Å². The van der Waals surface area contributed by atoms with Crippen molar-refractivity contribution in [3.05, 3.63) is 22.5 Å². The van der Waals surface area contributed by atoms with Gasteiger partial charge in [-0.2, -0.15) is 4.98 Å². The number of ether oxygens (including phenoxy) is 4. The van der Waals surface area contributed by atoms with Crippen molar-refractivity contribution in [1.29, 1.82) is 0 Å². The number of hydrogen-bond acceptors (Lipinski definition) is 7. The highest BCUT2D eigenvalue weighted by molar-refractivity contribution is 5.83. The van der Waals surface area contributed by atoms with E-state index < -0.39 is 42.0 Å². The van der Waals surface area contributed by atoms with Crippen molar-refractivity contribution in [1.82, 2.24) is 9.55 Å². The second-order valence-corrected chi connectivity index (χ2v) is 6.60. The molecule has 2 aliphatic heterocycles. The number of nitrogens with zero attached hydrogens (tertiary/aromatic N) is 2. The van der Waals surface area contributed by atoms with E-state index >= 15 is 0 Å². The van der Waals surface area contributed by atoms with Crippen LogP contribution in [0.3, 0.4) is 0 Å². The molecule has 2 saturated heterocycles. The lowest BCUT2D eigenvalue weighted by Crippen LogP contribution is -2.35. The third kappa shape index (κ3) is 4.28. The lowest BCUT2D eigenvalue weighted by atomic mass is 10.1. The van der Waals surface area contributed by atoms with Crippen LogP contribution in [0.2, 0.25) is 0 Å². The number of hydrogen-bond donors (Lipinski definition) is 1. The summed E-state index contributed by atoms with van der Waals surface area (Å²) in [6.45, 7) is 5.76. The molecule has 3 rings (SSSR count). The van der Waals surface area contributed by atoms with Gasteiger partial charge in [0.05, 0.1) is 18.9 Å². The number of fused-ring (bicyclic) bond motifs is 1. The molecule has 1 unspecified atom stereocenters. The Bertz CT molecular complexity index is 742. The van der Waals surface area contributed by atoms with Crippen LogP contribution in [-0.4, -0.2) is 46.9 Å². The second kappa shape index (κ2) is 8.32. The Labute approximate surface area is 155 Å². The zero-order chi connectivity index (χ0) is 19.6. The first kappa shape index (κ1) is 19.7. The van der Waals surface area contributed by atoms with Crippen molar-refractivity contribution in [2.75, 3.05) is 11.9 Å². The quantitative estimate of drug-likeness (QED) is 0.749. The number of unbranched alkanes of at least 4 members (excludes halogenated alkanes) is 2. The highest BCUT2D eigenvalue weighted by atomic mass is 19.1. The standard InChI is InChI=1S/C17H24FN3O6/c1-4-5-6-7-24-17(23)20-14-11(18)8-21(16(22)19-14)15-13-12(9(2)25-15)26-10(3)27-13/h8-10,12-13,15H,4-7H2,1-3H3,(H,19,20,22,23)/t9-,10?,12-,13-,15-/m1/s1. The largest absolute Gasteiger partial charge is 0.449 e. The molecule has 3 heterocycles. The molecule has 1 N–H and O–H groups in total. The van der Waals surface area contributed by atoms with Crippen LogP contribution in [-0.2, 0) is 18.9 Å². The number of amides is 1. The van der Waals surface area contributed by atoms with E-state index in [0.717, 1.165) is 23.6 Å². The van der Waals surface area contributed by atoms with E-state index in [-0.39, 0.29) is 18.8 Å². The summed E-state index contributed by atoms with van der Waals surface area (Å²) in [5, 5.41) is 2.15. The zero-order valence-electron chi connectivity index (χ0n) is 15.5. The van der Waals surface area contributed by atoms with Crippen LogP contribution in [0.4, 0.5) is 15.0 Å². The molecule has 1 amide bonds. The Hall–Kier alpha value is -2.04. The molecule has 0 aromatic carbocycles. The maximum atomic E-state index is 14.4. The first-order chi connectivity index (χ1) is 12.9. The van der Waals surface area contributed by atoms with E-state index in [0.29, 0.717) is 6.42 Å². The maximum absolute atomic E-state index is 14.4. The zero-order valence-corrected chi connectivity index (χ0v) is 15.5. The van der Waals surface area contributed by atoms with Crippen LogP contribution in [0.1, 0.15) is 46.3 Å². The van der Waals surface area contributed by atoms with Gasteiger partial charge in [0, 0.05) is 0 Å². The summed E-state index contributed by atoms with van der Waals surface area (Å²) >= 11 is 0. The first-order valence-corrected chi connectivity index (χ1v) is 9.09. The van der Waals surface area contributed by atoms with Gasteiger partial charge in [-0.25, -0.2) is 14.0 Å². The Morgan fingerprint density at radius 3 is 2.78 bits per heavy atom. The Kier molecular flexibility index (Phi) is 6.08. The van der Waals surface area contributed by atoms with Crippen molar-refractivity contribution in [3.63, 3.8) is 0 Å². The van der Waals surface area contributed by atoms with Gasteiger partial charge in [0.15, 0.2) is 24.2 Å². The fraction of sp³-hybridized carbons (Fsp3) is 0.706. The summed E-state index contributed by atoms with van der Waals surface area (Å²) in [5.41, 5.74) is -0.779. The van der Waals surface area contributed by atoms with E-state index in [9.17, 15) is 14.0 Å². The number of nitrogens with one attached hydrogen (secondary N) is 1. The number of anilines is 1. The molecule has 0 spiro atoms. The Morgan fingerprint density at radius 1 is 1.30 bits per heavy atom. The minimum atomic E-state index is -0.883. The summed E-state index contributed by atoms with van der Waals surface area (Å²) in [5.74, 6) is -1.37. The molecule has 150 valence electrons. The molecule has 0 bridgehead atoms. The van der Waals surface area contributed by atoms with Gasteiger partial charge in [0.2, 0.25) is 0 Å².